The molecule has 2 amide bonds. The highest BCUT2D eigenvalue weighted by atomic mass is 16.5. The summed E-state index contributed by atoms with van der Waals surface area (Å²) in [6.45, 7) is 0.480. The minimum Gasteiger partial charge on any atom is -0.493 e. The Morgan fingerprint density at radius 2 is 1.72 bits per heavy atom. The van der Waals surface area contributed by atoms with E-state index in [0.29, 0.717) is 70.2 Å². The molecule has 0 bridgehead atoms. The van der Waals surface area contributed by atoms with Crippen LogP contribution in [0.25, 0.3) is 16.6 Å². The van der Waals surface area contributed by atoms with E-state index < -0.39 is 11.5 Å². The summed E-state index contributed by atoms with van der Waals surface area (Å²) in [5.74, 6) is 1.20. The van der Waals surface area contributed by atoms with Crippen LogP contribution in [0.1, 0.15) is 32.8 Å². The highest BCUT2D eigenvalue weighted by Gasteiger charge is 2.25. The number of rotatable bonds is 7. The van der Waals surface area contributed by atoms with Crippen LogP contribution >= 0.6 is 0 Å². The van der Waals surface area contributed by atoms with Crippen molar-refractivity contribution in [2.24, 2.45) is 0 Å². The number of ether oxygens (including phenoxy) is 3. The van der Waals surface area contributed by atoms with Crippen LogP contribution in [0, 0.1) is 0 Å². The number of carbonyl (C=O) groups is 2. The number of methoxy groups -OCH3 is 2. The van der Waals surface area contributed by atoms with Crippen LogP contribution in [0.2, 0.25) is 0 Å². The van der Waals surface area contributed by atoms with E-state index in [0.717, 1.165) is 0 Å². The molecule has 0 fully saturated rings. The van der Waals surface area contributed by atoms with Gasteiger partial charge in [-0.05, 0) is 55.3 Å². The number of para-hydroxylation sites is 1. The fraction of sp³-hybridized carbons (Fsp3) is 0.156. The molecule has 4 heterocycles. The molecular formula is C32H27N5O6. The molecule has 0 saturated heterocycles. The first-order chi connectivity index (χ1) is 21.0. The van der Waals surface area contributed by atoms with Crippen molar-refractivity contribution >= 4 is 28.5 Å². The summed E-state index contributed by atoms with van der Waals surface area (Å²) in [4.78, 5) is 48.6. The van der Waals surface area contributed by atoms with Crippen LogP contribution in [-0.4, -0.2) is 47.1 Å². The number of carbonyl (C=O) groups excluding carboxylic acids is 2. The van der Waals surface area contributed by atoms with Crippen molar-refractivity contribution in [3.63, 3.8) is 0 Å². The lowest BCUT2D eigenvalue weighted by molar-refractivity contribution is 0.0955. The van der Waals surface area contributed by atoms with E-state index in [4.69, 9.17) is 14.2 Å². The van der Waals surface area contributed by atoms with Crippen LogP contribution < -0.4 is 30.4 Å². The number of anilines is 1. The molecular weight excluding hydrogens is 550 g/mol. The van der Waals surface area contributed by atoms with Crippen molar-refractivity contribution in [3.05, 3.63) is 106 Å². The monoisotopic (exact) mass is 577 g/mol. The van der Waals surface area contributed by atoms with Crippen molar-refractivity contribution in [1.29, 1.82) is 0 Å². The van der Waals surface area contributed by atoms with Gasteiger partial charge in [-0.25, -0.2) is 4.98 Å². The Bertz CT molecular complexity index is 1900. The smallest absolute Gasteiger partial charge is 0.268 e. The maximum Gasteiger partial charge on any atom is 0.268 e. The molecule has 3 aromatic heterocycles. The number of amides is 2. The van der Waals surface area contributed by atoms with E-state index in [2.05, 4.69) is 20.6 Å². The lowest BCUT2D eigenvalue weighted by Crippen LogP contribution is -2.33. The summed E-state index contributed by atoms with van der Waals surface area (Å²) in [5.41, 5.74) is 1.40. The average molecular weight is 578 g/mol. The van der Waals surface area contributed by atoms with Gasteiger partial charge in [0.25, 0.3) is 17.4 Å². The molecule has 0 spiro atoms. The Morgan fingerprint density at radius 1 is 0.930 bits per heavy atom. The SMILES string of the molecule is COc1cc2nccc(Oc3ccc(NC(=O)c4cc5c(n(-c6ccccc6)c4=O)CCCNC5=O)nc3)c2cc1OC. The summed E-state index contributed by atoms with van der Waals surface area (Å²) >= 11 is 0. The number of fused-ring (bicyclic) bond motifs is 2. The molecule has 1 aliphatic rings. The number of hydrogen-bond acceptors (Lipinski definition) is 8. The largest absolute Gasteiger partial charge is 0.493 e. The van der Waals surface area contributed by atoms with E-state index in [-0.39, 0.29) is 17.3 Å². The molecule has 0 radical (unpaired) electrons. The van der Waals surface area contributed by atoms with Crippen molar-refractivity contribution in [2.45, 2.75) is 12.8 Å². The van der Waals surface area contributed by atoms with E-state index >= 15 is 0 Å². The zero-order valence-corrected chi connectivity index (χ0v) is 23.4. The fourth-order valence-corrected chi connectivity index (χ4v) is 5.02. The lowest BCUT2D eigenvalue weighted by Gasteiger charge is -2.17. The van der Waals surface area contributed by atoms with E-state index in [1.165, 1.54) is 16.8 Å². The standard InChI is InChI=1S/C32H27N5O6/c1-41-27-16-21-24(17-28(27)42-2)33-14-12-26(21)43-20-10-11-29(35-18-20)36-31(39)23-15-22-25(9-6-13-34-30(22)38)37(32(23)40)19-7-4-3-5-8-19/h3-5,7-8,10-12,14-18H,6,9,13H2,1-2H3,(H,34,38)(H,35,36,39). The molecule has 0 atom stereocenters. The van der Waals surface area contributed by atoms with Gasteiger partial charge in [-0.15, -0.1) is 0 Å². The second-order valence-electron chi connectivity index (χ2n) is 9.72. The molecule has 0 unspecified atom stereocenters. The first-order valence-corrected chi connectivity index (χ1v) is 13.6. The minimum atomic E-state index is -0.683. The van der Waals surface area contributed by atoms with Gasteiger partial charge in [0.1, 0.15) is 22.9 Å². The summed E-state index contributed by atoms with van der Waals surface area (Å²) in [6, 6.07) is 18.8. The lowest BCUT2D eigenvalue weighted by atomic mass is 10.1. The second kappa shape index (κ2) is 11.6. The van der Waals surface area contributed by atoms with Gasteiger partial charge in [-0.1, -0.05) is 18.2 Å². The van der Waals surface area contributed by atoms with Crippen LogP contribution in [0.5, 0.6) is 23.0 Å². The summed E-state index contributed by atoms with van der Waals surface area (Å²) in [6.07, 6.45) is 4.26. The van der Waals surface area contributed by atoms with Gasteiger partial charge in [0.2, 0.25) is 0 Å². The summed E-state index contributed by atoms with van der Waals surface area (Å²) < 4.78 is 18.3. The predicted molar refractivity (Wildman–Crippen MR) is 160 cm³/mol. The fourth-order valence-electron chi connectivity index (χ4n) is 5.02. The number of pyridine rings is 3. The number of aromatic nitrogens is 3. The molecule has 0 saturated carbocycles. The maximum atomic E-state index is 13.7. The molecule has 2 N–H and O–H groups in total. The first-order valence-electron chi connectivity index (χ1n) is 13.6. The third-order valence-corrected chi connectivity index (χ3v) is 7.10. The molecule has 2 aromatic carbocycles. The van der Waals surface area contributed by atoms with E-state index in [1.54, 1.807) is 75.0 Å². The van der Waals surface area contributed by atoms with Crippen molar-refractivity contribution in [2.75, 3.05) is 26.1 Å². The van der Waals surface area contributed by atoms with Crippen molar-refractivity contribution in [3.8, 4) is 28.7 Å². The van der Waals surface area contributed by atoms with Crippen LogP contribution in [0.15, 0.2) is 83.9 Å². The maximum absolute atomic E-state index is 13.7. The highest BCUT2D eigenvalue weighted by Crippen LogP contribution is 2.36. The van der Waals surface area contributed by atoms with Crippen molar-refractivity contribution < 1.29 is 23.8 Å². The Balaban J connectivity index is 1.28. The summed E-state index contributed by atoms with van der Waals surface area (Å²) in [7, 11) is 3.10. The topological polar surface area (TPSA) is 134 Å². The predicted octanol–water partition coefficient (Wildman–Crippen LogP) is 4.52. The average Bonchev–Trinajstić information content (AvgIpc) is 3.22. The van der Waals surface area contributed by atoms with E-state index in [1.807, 2.05) is 6.07 Å². The minimum absolute atomic E-state index is 0.172. The Morgan fingerprint density at radius 3 is 2.47 bits per heavy atom. The molecule has 5 aromatic rings. The highest BCUT2D eigenvalue weighted by molar-refractivity contribution is 6.06. The van der Waals surface area contributed by atoms with Crippen LogP contribution in [-0.2, 0) is 6.42 Å². The molecule has 0 aliphatic carbocycles. The number of nitrogens with one attached hydrogen (secondary N) is 2. The van der Waals surface area contributed by atoms with Gasteiger partial charge < -0.3 is 24.8 Å². The first kappa shape index (κ1) is 27.5. The van der Waals surface area contributed by atoms with Gasteiger partial charge in [0.15, 0.2) is 11.5 Å². The molecule has 11 heteroatoms. The Labute approximate surface area is 246 Å². The third kappa shape index (κ3) is 5.35. The van der Waals surface area contributed by atoms with Gasteiger partial charge in [0, 0.05) is 35.6 Å². The quantitative estimate of drug-likeness (QED) is 0.289. The van der Waals surface area contributed by atoms with Crippen LogP contribution in [0.3, 0.4) is 0 Å². The van der Waals surface area contributed by atoms with Gasteiger partial charge in [0.05, 0.1) is 31.5 Å². The van der Waals surface area contributed by atoms with Gasteiger partial charge in [-0.2, -0.15) is 0 Å². The molecule has 6 rings (SSSR count). The molecule has 1 aliphatic heterocycles. The van der Waals surface area contributed by atoms with Gasteiger partial charge >= 0.3 is 0 Å². The molecule has 216 valence electrons. The number of hydrogen-bond donors (Lipinski definition) is 2. The summed E-state index contributed by atoms with van der Waals surface area (Å²) in [5, 5.41) is 6.21. The number of benzene rings is 2. The molecule has 11 nitrogen and oxygen atoms in total. The Kier molecular flexibility index (Phi) is 7.44. The second-order valence-corrected chi connectivity index (χ2v) is 9.72. The number of nitrogens with zero attached hydrogens (tertiary/aromatic N) is 3. The van der Waals surface area contributed by atoms with Crippen LogP contribution in [0.4, 0.5) is 5.82 Å². The van der Waals surface area contributed by atoms with Crippen molar-refractivity contribution in [1.82, 2.24) is 19.9 Å². The van der Waals surface area contributed by atoms with Gasteiger partial charge in [-0.3, -0.25) is 23.9 Å². The zero-order chi connectivity index (χ0) is 29.9. The normalized spacial score (nSPS) is 12.6. The Hall–Kier alpha value is -5.71. The third-order valence-electron chi connectivity index (χ3n) is 7.10. The van der Waals surface area contributed by atoms with E-state index in [9.17, 15) is 14.4 Å². The zero-order valence-electron chi connectivity index (χ0n) is 23.4. The molecule has 43 heavy (non-hydrogen) atoms.